The molecule has 2 aromatic carbocycles. The summed E-state index contributed by atoms with van der Waals surface area (Å²) in [6.45, 7) is 8.16. The van der Waals surface area contributed by atoms with Gasteiger partial charge in [0.05, 0.1) is 0 Å². The van der Waals surface area contributed by atoms with Crippen molar-refractivity contribution in [2.75, 3.05) is 6.54 Å². The van der Waals surface area contributed by atoms with Crippen LogP contribution in [0.1, 0.15) is 70.4 Å². The molecular formula is C27H36Cl2N2O3. The second-order valence-corrected chi connectivity index (χ2v) is 10.6. The van der Waals surface area contributed by atoms with Crippen LogP contribution in [0.4, 0.5) is 4.79 Å². The Morgan fingerprint density at radius 3 is 2.03 bits per heavy atom. The van der Waals surface area contributed by atoms with E-state index in [0.717, 1.165) is 36.8 Å². The second kappa shape index (κ2) is 13.0. The lowest BCUT2D eigenvalue weighted by atomic mass is 9.86. The van der Waals surface area contributed by atoms with E-state index in [0.29, 0.717) is 23.0 Å². The average molecular weight is 508 g/mol. The quantitative estimate of drug-likeness (QED) is 0.317. The average Bonchev–Trinajstić information content (AvgIpc) is 2.75. The number of nitrogens with zero attached hydrogens (tertiary/aromatic N) is 1. The van der Waals surface area contributed by atoms with Gasteiger partial charge in [-0.15, -0.1) is 0 Å². The number of amides is 2. The number of carboxylic acid groups (broad SMARTS) is 1. The third-order valence-electron chi connectivity index (χ3n) is 5.99. The molecule has 0 aliphatic carbocycles. The Morgan fingerprint density at radius 1 is 0.941 bits per heavy atom. The van der Waals surface area contributed by atoms with Crippen molar-refractivity contribution >= 4 is 35.2 Å². The lowest BCUT2D eigenvalue weighted by Crippen LogP contribution is -2.45. The van der Waals surface area contributed by atoms with Gasteiger partial charge in [0, 0.05) is 40.5 Å². The van der Waals surface area contributed by atoms with Gasteiger partial charge in [0.25, 0.3) is 0 Å². The van der Waals surface area contributed by atoms with Crippen molar-refractivity contribution < 1.29 is 14.7 Å². The largest absolute Gasteiger partial charge is 0.465 e. The van der Waals surface area contributed by atoms with Crippen molar-refractivity contribution in [2.24, 2.45) is 0 Å². The minimum atomic E-state index is -0.909. The second-order valence-electron chi connectivity index (χ2n) is 9.76. The van der Waals surface area contributed by atoms with E-state index in [9.17, 15) is 14.7 Å². The number of hydrogen-bond donors (Lipinski definition) is 2. The Bertz CT molecular complexity index is 924. The predicted molar refractivity (Wildman–Crippen MR) is 140 cm³/mol. The number of carbonyl (C=O) groups is 2. The molecular weight excluding hydrogens is 471 g/mol. The van der Waals surface area contributed by atoms with Crippen molar-refractivity contribution in [1.29, 1.82) is 0 Å². The standard InChI is InChI=1S/C27H36Cl2N2O3/c1-19(30-25(32)8-6-5-7-17-31(26(33)34)27(2,3)4)24(21-11-15-23(29)16-12-21)18-20-9-13-22(28)14-10-20/h9-16,19,24H,5-8,17-18H2,1-4H3,(H,30,32)(H,33,34). The minimum Gasteiger partial charge on any atom is -0.465 e. The zero-order valence-corrected chi connectivity index (χ0v) is 22.0. The first-order chi connectivity index (χ1) is 16.0. The molecule has 0 bridgehead atoms. The molecule has 0 heterocycles. The fraction of sp³-hybridized carbons (Fsp3) is 0.481. The van der Waals surface area contributed by atoms with Gasteiger partial charge >= 0.3 is 6.09 Å². The summed E-state index contributed by atoms with van der Waals surface area (Å²) in [6, 6.07) is 15.5. The van der Waals surface area contributed by atoms with Crippen LogP contribution in [0, 0.1) is 0 Å². The van der Waals surface area contributed by atoms with Gasteiger partial charge in [0.2, 0.25) is 5.91 Å². The van der Waals surface area contributed by atoms with Crippen LogP contribution in [-0.2, 0) is 11.2 Å². The number of hydrogen-bond acceptors (Lipinski definition) is 2. The molecule has 0 radical (unpaired) electrons. The third-order valence-corrected chi connectivity index (χ3v) is 6.49. The molecule has 2 N–H and O–H groups in total. The van der Waals surface area contributed by atoms with Gasteiger partial charge in [-0.3, -0.25) is 4.79 Å². The van der Waals surface area contributed by atoms with Crippen molar-refractivity contribution in [2.45, 2.75) is 77.3 Å². The Kier molecular flexibility index (Phi) is 10.7. The number of nitrogens with one attached hydrogen (secondary N) is 1. The van der Waals surface area contributed by atoms with E-state index in [4.69, 9.17) is 23.2 Å². The number of benzene rings is 2. The van der Waals surface area contributed by atoms with E-state index < -0.39 is 11.6 Å². The summed E-state index contributed by atoms with van der Waals surface area (Å²) in [6.07, 6.45) is 2.52. The van der Waals surface area contributed by atoms with Crippen LogP contribution < -0.4 is 5.32 Å². The SMILES string of the molecule is CC(NC(=O)CCCCCN(C(=O)O)C(C)(C)C)C(Cc1ccc(Cl)cc1)c1ccc(Cl)cc1. The van der Waals surface area contributed by atoms with E-state index in [1.54, 1.807) is 0 Å². The van der Waals surface area contributed by atoms with Crippen LogP contribution in [0.2, 0.25) is 10.0 Å². The Labute approximate surface area is 213 Å². The van der Waals surface area contributed by atoms with E-state index in [1.165, 1.54) is 4.90 Å². The molecule has 2 aromatic rings. The number of halogens is 2. The van der Waals surface area contributed by atoms with E-state index in [1.807, 2.05) is 76.2 Å². The van der Waals surface area contributed by atoms with Crippen molar-refractivity contribution in [3.8, 4) is 0 Å². The Morgan fingerprint density at radius 2 is 1.50 bits per heavy atom. The summed E-state index contributed by atoms with van der Waals surface area (Å²) >= 11 is 12.1. The maximum Gasteiger partial charge on any atom is 0.407 e. The minimum absolute atomic E-state index is 0.00785. The van der Waals surface area contributed by atoms with Crippen LogP contribution in [0.15, 0.2) is 48.5 Å². The van der Waals surface area contributed by atoms with Crippen LogP contribution in [0.3, 0.4) is 0 Å². The molecule has 2 amide bonds. The Balaban J connectivity index is 1.91. The molecule has 2 unspecified atom stereocenters. The summed E-state index contributed by atoms with van der Waals surface area (Å²) in [5.41, 5.74) is 1.83. The highest BCUT2D eigenvalue weighted by atomic mass is 35.5. The van der Waals surface area contributed by atoms with E-state index in [2.05, 4.69) is 5.32 Å². The molecule has 0 saturated carbocycles. The molecule has 0 saturated heterocycles. The number of carbonyl (C=O) groups excluding carboxylic acids is 1. The molecule has 0 aliphatic rings. The van der Waals surface area contributed by atoms with Crippen LogP contribution >= 0.6 is 23.2 Å². The van der Waals surface area contributed by atoms with Gasteiger partial charge < -0.3 is 15.3 Å². The van der Waals surface area contributed by atoms with Crippen molar-refractivity contribution in [1.82, 2.24) is 10.2 Å². The van der Waals surface area contributed by atoms with Gasteiger partial charge in [0.15, 0.2) is 0 Å². The van der Waals surface area contributed by atoms with Crippen LogP contribution in [0.25, 0.3) is 0 Å². The number of rotatable bonds is 11. The Hall–Kier alpha value is -2.24. The maximum absolute atomic E-state index is 12.7. The van der Waals surface area contributed by atoms with E-state index in [-0.39, 0.29) is 17.9 Å². The molecule has 0 fully saturated rings. The molecule has 34 heavy (non-hydrogen) atoms. The predicted octanol–water partition coefficient (Wildman–Crippen LogP) is 7.16. The lowest BCUT2D eigenvalue weighted by Gasteiger charge is -2.33. The summed E-state index contributed by atoms with van der Waals surface area (Å²) in [5.74, 6) is 0.0896. The molecule has 0 aliphatic heterocycles. The monoisotopic (exact) mass is 506 g/mol. The zero-order chi connectivity index (χ0) is 25.3. The lowest BCUT2D eigenvalue weighted by molar-refractivity contribution is -0.122. The normalized spacial score (nSPS) is 13.2. The maximum atomic E-state index is 12.7. The van der Waals surface area contributed by atoms with Gasteiger partial charge in [-0.05, 0) is 82.3 Å². The third kappa shape index (κ3) is 9.19. The molecule has 2 atom stereocenters. The fourth-order valence-electron chi connectivity index (χ4n) is 4.04. The van der Waals surface area contributed by atoms with Gasteiger partial charge in [-0.1, -0.05) is 53.9 Å². The van der Waals surface area contributed by atoms with Gasteiger partial charge in [-0.25, -0.2) is 4.79 Å². The highest BCUT2D eigenvalue weighted by molar-refractivity contribution is 6.30. The zero-order valence-electron chi connectivity index (χ0n) is 20.5. The van der Waals surface area contributed by atoms with Gasteiger partial charge in [0.1, 0.15) is 0 Å². The first-order valence-corrected chi connectivity index (χ1v) is 12.5. The summed E-state index contributed by atoms with van der Waals surface area (Å²) in [5, 5.41) is 13.9. The summed E-state index contributed by atoms with van der Waals surface area (Å²) < 4.78 is 0. The molecule has 186 valence electrons. The van der Waals surface area contributed by atoms with Gasteiger partial charge in [-0.2, -0.15) is 0 Å². The summed E-state index contributed by atoms with van der Waals surface area (Å²) in [4.78, 5) is 25.5. The fourth-order valence-corrected chi connectivity index (χ4v) is 4.30. The highest BCUT2D eigenvalue weighted by Gasteiger charge is 2.25. The molecule has 2 rings (SSSR count). The molecule has 5 nitrogen and oxygen atoms in total. The smallest absolute Gasteiger partial charge is 0.407 e. The summed E-state index contributed by atoms with van der Waals surface area (Å²) in [7, 11) is 0. The van der Waals surface area contributed by atoms with E-state index >= 15 is 0 Å². The van der Waals surface area contributed by atoms with Crippen molar-refractivity contribution in [3.63, 3.8) is 0 Å². The topological polar surface area (TPSA) is 69.6 Å². The number of unbranched alkanes of at least 4 members (excludes halogenated alkanes) is 2. The molecule has 0 spiro atoms. The first-order valence-electron chi connectivity index (χ1n) is 11.8. The van der Waals surface area contributed by atoms with Crippen molar-refractivity contribution in [3.05, 3.63) is 69.7 Å². The molecule has 0 aromatic heterocycles. The molecule has 7 heteroatoms. The van der Waals surface area contributed by atoms with Crippen LogP contribution in [0.5, 0.6) is 0 Å². The van der Waals surface area contributed by atoms with Crippen LogP contribution in [-0.4, -0.2) is 40.1 Å². The first kappa shape index (κ1) is 28.0. The highest BCUT2D eigenvalue weighted by Crippen LogP contribution is 2.27.